The van der Waals surface area contributed by atoms with Crippen molar-refractivity contribution in [1.29, 1.82) is 0 Å². The summed E-state index contributed by atoms with van der Waals surface area (Å²) < 4.78 is 53.4. The average Bonchev–Trinajstić information content (AvgIpc) is 2.75. The van der Waals surface area contributed by atoms with Gasteiger partial charge in [0.25, 0.3) is 0 Å². The lowest BCUT2D eigenvalue weighted by atomic mass is 9.96. The Hall–Kier alpha value is -2.56. The van der Waals surface area contributed by atoms with E-state index >= 15 is 0 Å². The highest BCUT2D eigenvalue weighted by Crippen LogP contribution is 2.27. The van der Waals surface area contributed by atoms with Gasteiger partial charge >= 0.3 is 0 Å². The van der Waals surface area contributed by atoms with Gasteiger partial charge in [0.15, 0.2) is 0 Å². The Morgan fingerprint density at radius 1 is 1.16 bits per heavy atom. The standard InChI is InChI=1S/C21H22ClF2N3O4S/c1-26(13-20(28)25-16-4-2-3-15(23)11-16)21(29)14-7-9-27(10-8-14)32(30,31)17-5-6-19(24)18(22)12-17/h2-6,11-12,14H,7-10,13H2,1H3,(H,25,28). The van der Waals surface area contributed by atoms with Gasteiger partial charge in [0.1, 0.15) is 11.6 Å². The van der Waals surface area contributed by atoms with E-state index in [2.05, 4.69) is 5.32 Å². The molecule has 1 heterocycles. The molecule has 32 heavy (non-hydrogen) atoms. The summed E-state index contributed by atoms with van der Waals surface area (Å²) in [5, 5.41) is 2.24. The zero-order valence-corrected chi connectivity index (χ0v) is 18.8. The molecule has 0 spiro atoms. The van der Waals surface area contributed by atoms with Crippen LogP contribution in [0.5, 0.6) is 0 Å². The molecule has 0 bridgehead atoms. The van der Waals surface area contributed by atoms with Crippen LogP contribution in [-0.2, 0) is 19.6 Å². The second-order valence-corrected chi connectivity index (χ2v) is 9.85. The first-order chi connectivity index (χ1) is 15.1. The van der Waals surface area contributed by atoms with Crippen molar-refractivity contribution in [3.8, 4) is 0 Å². The Kier molecular flexibility index (Phi) is 7.47. The van der Waals surface area contributed by atoms with E-state index < -0.39 is 33.5 Å². The molecule has 0 radical (unpaired) electrons. The number of halogens is 3. The molecule has 1 saturated heterocycles. The smallest absolute Gasteiger partial charge is 0.243 e. The summed E-state index contributed by atoms with van der Waals surface area (Å²) in [5.41, 5.74) is 0.287. The van der Waals surface area contributed by atoms with E-state index in [4.69, 9.17) is 11.6 Å². The molecule has 2 aromatic rings. The Morgan fingerprint density at radius 3 is 2.47 bits per heavy atom. The fourth-order valence-electron chi connectivity index (χ4n) is 3.50. The second-order valence-electron chi connectivity index (χ2n) is 7.51. The molecular weight excluding hydrogens is 464 g/mol. The zero-order chi connectivity index (χ0) is 23.5. The molecule has 2 aromatic carbocycles. The van der Waals surface area contributed by atoms with Crippen molar-refractivity contribution in [2.45, 2.75) is 17.7 Å². The minimum absolute atomic E-state index is 0.108. The van der Waals surface area contributed by atoms with Crippen molar-refractivity contribution in [2.75, 3.05) is 32.0 Å². The van der Waals surface area contributed by atoms with Crippen molar-refractivity contribution in [1.82, 2.24) is 9.21 Å². The van der Waals surface area contributed by atoms with Crippen LogP contribution in [0.2, 0.25) is 5.02 Å². The van der Waals surface area contributed by atoms with Crippen LogP contribution in [0.25, 0.3) is 0 Å². The largest absolute Gasteiger partial charge is 0.336 e. The van der Waals surface area contributed by atoms with E-state index in [9.17, 15) is 26.8 Å². The third-order valence-corrected chi connectivity index (χ3v) is 7.38. The number of anilines is 1. The van der Waals surface area contributed by atoms with Crippen LogP contribution >= 0.6 is 11.6 Å². The number of carbonyl (C=O) groups is 2. The van der Waals surface area contributed by atoms with Crippen molar-refractivity contribution in [3.05, 3.63) is 59.1 Å². The highest BCUT2D eigenvalue weighted by atomic mass is 35.5. The zero-order valence-electron chi connectivity index (χ0n) is 17.2. The van der Waals surface area contributed by atoms with E-state index in [1.54, 1.807) is 0 Å². The van der Waals surface area contributed by atoms with E-state index in [1.165, 1.54) is 40.5 Å². The highest BCUT2D eigenvalue weighted by Gasteiger charge is 2.33. The van der Waals surface area contributed by atoms with Gasteiger partial charge in [-0.2, -0.15) is 4.31 Å². The van der Waals surface area contributed by atoms with Gasteiger partial charge in [0.05, 0.1) is 16.5 Å². The number of nitrogens with zero attached hydrogens (tertiary/aromatic N) is 2. The third kappa shape index (κ3) is 5.62. The summed E-state index contributed by atoms with van der Waals surface area (Å²) in [4.78, 5) is 26.0. The second kappa shape index (κ2) is 9.93. The molecule has 7 nitrogen and oxygen atoms in total. The van der Waals surface area contributed by atoms with E-state index in [0.717, 1.165) is 18.2 Å². The molecule has 0 unspecified atom stereocenters. The molecule has 172 valence electrons. The molecule has 0 atom stereocenters. The minimum Gasteiger partial charge on any atom is -0.336 e. The van der Waals surface area contributed by atoms with Crippen LogP contribution < -0.4 is 5.32 Å². The van der Waals surface area contributed by atoms with Crippen molar-refractivity contribution >= 4 is 39.1 Å². The maximum atomic E-state index is 13.3. The van der Waals surface area contributed by atoms with Gasteiger partial charge in [-0.25, -0.2) is 17.2 Å². The number of carbonyl (C=O) groups excluding carboxylic acids is 2. The summed E-state index contributed by atoms with van der Waals surface area (Å²) in [6.45, 7) is -0.00390. The van der Waals surface area contributed by atoms with Crippen LogP contribution in [0, 0.1) is 17.6 Å². The number of piperidine rings is 1. The normalized spacial score (nSPS) is 15.4. The number of hydrogen-bond acceptors (Lipinski definition) is 4. The predicted molar refractivity (Wildman–Crippen MR) is 116 cm³/mol. The minimum atomic E-state index is -3.87. The topological polar surface area (TPSA) is 86.8 Å². The molecule has 0 aromatic heterocycles. The van der Waals surface area contributed by atoms with Gasteiger partial charge in [-0.1, -0.05) is 17.7 Å². The monoisotopic (exact) mass is 485 g/mol. The average molecular weight is 486 g/mol. The van der Waals surface area contributed by atoms with Gasteiger partial charge in [-0.05, 0) is 49.2 Å². The van der Waals surface area contributed by atoms with Gasteiger partial charge in [-0.3, -0.25) is 9.59 Å². The van der Waals surface area contributed by atoms with Crippen LogP contribution in [0.4, 0.5) is 14.5 Å². The van der Waals surface area contributed by atoms with E-state index in [-0.39, 0.29) is 54.0 Å². The van der Waals surface area contributed by atoms with Gasteiger partial charge < -0.3 is 10.2 Å². The molecule has 1 aliphatic rings. The number of amides is 2. The number of rotatable bonds is 6. The summed E-state index contributed by atoms with van der Waals surface area (Å²) in [6.07, 6.45) is 0.561. The van der Waals surface area contributed by atoms with Crippen LogP contribution in [-0.4, -0.2) is 56.1 Å². The van der Waals surface area contributed by atoms with Crippen molar-refractivity contribution in [3.63, 3.8) is 0 Å². The van der Waals surface area contributed by atoms with E-state index in [0.29, 0.717) is 0 Å². The lowest BCUT2D eigenvalue weighted by Gasteiger charge is -2.32. The molecule has 3 rings (SSSR count). The summed E-state index contributed by atoms with van der Waals surface area (Å²) in [6, 6.07) is 8.63. The van der Waals surface area contributed by atoms with Gasteiger partial charge in [0.2, 0.25) is 21.8 Å². The summed E-state index contributed by atoms with van der Waals surface area (Å²) >= 11 is 5.70. The molecule has 1 aliphatic heterocycles. The Balaban J connectivity index is 1.55. The molecule has 1 fully saturated rings. The molecule has 0 saturated carbocycles. The number of hydrogen-bond donors (Lipinski definition) is 1. The van der Waals surface area contributed by atoms with Crippen molar-refractivity contribution < 1.29 is 26.8 Å². The predicted octanol–water partition coefficient (Wildman–Crippen LogP) is 3.12. The summed E-state index contributed by atoms with van der Waals surface area (Å²) in [7, 11) is -2.38. The summed E-state index contributed by atoms with van der Waals surface area (Å²) in [5.74, 6) is -2.39. The fourth-order valence-corrected chi connectivity index (χ4v) is 5.24. The molecule has 11 heteroatoms. The molecular formula is C21H22ClF2N3O4S. The van der Waals surface area contributed by atoms with Gasteiger partial charge in [0, 0.05) is 31.7 Å². The number of benzene rings is 2. The highest BCUT2D eigenvalue weighted by molar-refractivity contribution is 7.89. The van der Waals surface area contributed by atoms with Crippen molar-refractivity contribution in [2.24, 2.45) is 5.92 Å². The quantitative estimate of drug-likeness (QED) is 0.681. The number of nitrogens with one attached hydrogen (secondary N) is 1. The Labute approximate surface area is 190 Å². The maximum absolute atomic E-state index is 13.3. The third-order valence-electron chi connectivity index (χ3n) is 5.20. The molecule has 1 N–H and O–H groups in total. The lowest BCUT2D eigenvalue weighted by Crippen LogP contribution is -2.45. The Bertz CT molecular complexity index is 1120. The number of likely N-dealkylation sites (N-methyl/N-ethyl adjacent to an activating group) is 1. The maximum Gasteiger partial charge on any atom is 0.243 e. The van der Waals surface area contributed by atoms with Crippen LogP contribution in [0.3, 0.4) is 0 Å². The first-order valence-corrected chi connectivity index (χ1v) is 11.7. The van der Waals surface area contributed by atoms with Crippen LogP contribution in [0.15, 0.2) is 47.4 Å². The molecule has 2 amide bonds. The fraction of sp³-hybridized carbons (Fsp3) is 0.333. The van der Waals surface area contributed by atoms with Gasteiger partial charge in [-0.15, -0.1) is 0 Å². The lowest BCUT2D eigenvalue weighted by molar-refractivity contribution is -0.138. The Morgan fingerprint density at radius 2 is 1.84 bits per heavy atom. The SMILES string of the molecule is CN(CC(=O)Nc1cccc(F)c1)C(=O)C1CCN(S(=O)(=O)c2ccc(F)c(Cl)c2)CC1. The first kappa shape index (κ1) is 24.1. The number of sulfonamides is 1. The van der Waals surface area contributed by atoms with Crippen LogP contribution in [0.1, 0.15) is 12.8 Å². The van der Waals surface area contributed by atoms with E-state index in [1.807, 2.05) is 0 Å². The first-order valence-electron chi connectivity index (χ1n) is 9.83. The molecule has 0 aliphatic carbocycles.